The minimum absolute atomic E-state index is 0.0988. The minimum Gasteiger partial charge on any atom is -0.493 e. The van der Waals surface area contributed by atoms with Gasteiger partial charge in [0.05, 0.1) is 33.0 Å². The third-order valence-corrected chi connectivity index (χ3v) is 8.05. The molecule has 0 bridgehead atoms. The van der Waals surface area contributed by atoms with E-state index in [2.05, 4.69) is 52.0 Å². The van der Waals surface area contributed by atoms with Crippen molar-refractivity contribution >= 4 is 5.78 Å². The Morgan fingerprint density at radius 3 is 2.15 bits per heavy atom. The summed E-state index contributed by atoms with van der Waals surface area (Å²) in [6.07, 6.45) is 2.86. The van der Waals surface area contributed by atoms with E-state index in [9.17, 15) is 9.90 Å². The van der Waals surface area contributed by atoms with Crippen LogP contribution in [0.5, 0.6) is 11.5 Å². The summed E-state index contributed by atoms with van der Waals surface area (Å²) in [5.41, 5.74) is 2.31. The van der Waals surface area contributed by atoms with Crippen molar-refractivity contribution in [3.8, 4) is 11.5 Å². The van der Waals surface area contributed by atoms with Crippen LogP contribution in [0.3, 0.4) is 0 Å². The van der Waals surface area contributed by atoms with Gasteiger partial charge in [-0.2, -0.15) is 0 Å². The van der Waals surface area contributed by atoms with Gasteiger partial charge in [-0.1, -0.05) is 64.1 Å². The molecule has 0 aromatic heterocycles. The quantitative estimate of drug-likeness (QED) is 0.161. The molecule has 0 fully saturated rings. The first-order valence-electron chi connectivity index (χ1n) is 15.2. The Bertz CT molecular complexity index is 989. The Hall–Kier alpha value is -2.41. The predicted molar refractivity (Wildman–Crippen MR) is 165 cm³/mol. The van der Waals surface area contributed by atoms with Crippen LogP contribution >= 0.6 is 0 Å². The molecule has 230 valence electrons. The average molecular weight is 571 g/mol. The summed E-state index contributed by atoms with van der Waals surface area (Å²) in [7, 11) is 3.34. The van der Waals surface area contributed by atoms with Crippen LogP contribution in [0.1, 0.15) is 71.4 Å². The number of aliphatic hydroxyl groups is 1. The number of carbonyl (C=O) groups is 1. The van der Waals surface area contributed by atoms with Gasteiger partial charge >= 0.3 is 0 Å². The number of hydrogen-bond acceptors (Lipinski definition) is 6. The molecular weight excluding hydrogens is 516 g/mol. The van der Waals surface area contributed by atoms with E-state index in [4.69, 9.17) is 18.9 Å². The first kappa shape index (κ1) is 34.8. The van der Waals surface area contributed by atoms with Crippen molar-refractivity contribution in [3.63, 3.8) is 0 Å². The number of ether oxygens (including phenoxy) is 4. The molecule has 2 aromatic rings. The first-order chi connectivity index (χ1) is 19.6. The van der Waals surface area contributed by atoms with Crippen molar-refractivity contribution in [2.45, 2.75) is 79.4 Å². The molecule has 0 heterocycles. The molecule has 0 radical (unpaired) electrons. The number of benzene rings is 2. The van der Waals surface area contributed by atoms with Crippen LogP contribution in [0.25, 0.3) is 0 Å². The number of ketones is 1. The molecular formula is C35H54O6. The van der Waals surface area contributed by atoms with E-state index >= 15 is 0 Å². The van der Waals surface area contributed by atoms with E-state index in [0.29, 0.717) is 62.8 Å². The summed E-state index contributed by atoms with van der Waals surface area (Å²) in [5, 5.41) is 11.5. The summed E-state index contributed by atoms with van der Waals surface area (Å²) < 4.78 is 22.7. The molecule has 0 saturated heterocycles. The topological polar surface area (TPSA) is 74.2 Å². The van der Waals surface area contributed by atoms with Gasteiger partial charge in [0.1, 0.15) is 5.78 Å². The summed E-state index contributed by atoms with van der Waals surface area (Å²) in [6, 6.07) is 16.3. The van der Waals surface area contributed by atoms with Crippen LogP contribution in [0.15, 0.2) is 48.5 Å². The van der Waals surface area contributed by atoms with Gasteiger partial charge < -0.3 is 28.8 Å². The molecule has 41 heavy (non-hydrogen) atoms. The van der Waals surface area contributed by atoms with Crippen molar-refractivity contribution in [1.29, 1.82) is 0 Å². The van der Waals surface area contributed by atoms with E-state index in [1.807, 2.05) is 24.3 Å². The second-order valence-electron chi connectivity index (χ2n) is 12.1. The highest BCUT2D eigenvalue weighted by Gasteiger charge is 2.29. The molecule has 1 N–H and O–H groups in total. The lowest BCUT2D eigenvalue weighted by Crippen LogP contribution is -2.31. The maximum absolute atomic E-state index is 12.3. The lowest BCUT2D eigenvalue weighted by Gasteiger charge is -2.32. The van der Waals surface area contributed by atoms with Gasteiger partial charge in [0.15, 0.2) is 11.5 Å². The second-order valence-corrected chi connectivity index (χ2v) is 12.1. The van der Waals surface area contributed by atoms with Crippen LogP contribution in [0, 0.1) is 29.6 Å². The van der Waals surface area contributed by atoms with E-state index in [0.717, 1.165) is 36.1 Å². The molecule has 0 unspecified atom stereocenters. The highest BCUT2D eigenvalue weighted by atomic mass is 16.5. The van der Waals surface area contributed by atoms with E-state index in [1.54, 1.807) is 21.1 Å². The van der Waals surface area contributed by atoms with Crippen LogP contribution in [-0.4, -0.2) is 51.0 Å². The average Bonchev–Trinajstić information content (AvgIpc) is 2.94. The fourth-order valence-corrected chi connectivity index (χ4v) is 5.31. The summed E-state index contributed by atoms with van der Waals surface area (Å²) in [6.45, 7) is 12.8. The SMILES string of the molecule is COCCCOc1cc(C[C@@H](C[C@H](CC(C)=O)[C@@H](O)C[C@H](COCc2ccccc2)C(C)C)C(C)C)ccc1OC. The molecule has 0 spiro atoms. The van der Waals surface area contributed by atoms with Gasteiger partial charge in [0, 0.05) is 26.6 Å². The fraction of sp³-hybridized carbons (Fsp3) is 0.629. The van der Waals surface area contributed by atoms with Gasteiger partial charge in [-0.05, 0) is 79.0 Å². The molecule has 4 atom stereocenters. The molecule has 0 aliphatic carbocycles. The summed E-state index contributed by atoms with van der Waals surface area (Å²) >= 11 is 0. The second kappa shape index (κ2) is 18.9. The van der Waals surface area contributed by atoms with Crippen molar-refractivity contribution < 1.29 is 28.8 Å². The normalized spacial score (nSPS) is 14.6. The lowest BCUT2D eigenvalue weighted by molar-refractivity contribution is -0.119. The van der Waals surface area contributed by atoms with Gasteiger partial charge in [-0.15, -0.1) is 0 Å². The Labute approximate surface area is 248 Å². The smallest absolute Gasteiger partial charge is 0.161 e. The van der Waals surface area contributed by atoms with Gasteiger partial charge in [0.2, 0.25) is 0 Å². The van der Waals surface area contributed by atoms with Crippen LogP contribution in [-0.2, 0) is 27.3 Å². The Kier molecular flexibility index (Phi) is 16.0. The predicted octanol–water partition coefficient (Wildman–Crippen LogP) is 7.15. The number of Topliss-reactive ketones (excluding diaryl/α,β-unsaturated/α-hetero) is 1. The van der Waals surface area contributed by atoms with Crippen molar-refractivity contribution in [2.24, 2.45) is 29.6 Å². The third-order valence-electron chi connectivity index (χ3n) is 8.05. The molecule has 0 aliphatic rings. The van der Waals surface area contributed by atoms with E-state index in [1.165, 1.54) is 0 Å². The highest BCUT2D eigenvalue weighted by Crippen LogP contribution is 2.34. The van der Waals surface area contributed by atoms with Crippen LogP contribution < -0.4 is 9.47 Å². The third kappa shape index (κ3) is 13.0. The Morgan fingerprint density at radius 1 is 0.829 bits per heavy atom. The standard InChI is InChI=1S/C35H54O6/c1-25(2)30(19-29-14-15-34(39-7)35(20-29)41-17-11-16-38-6)21-31(18-27(5)36)33(37)22-32(26(3)4)24-40-23-28-12-9-8-10-13-28/h8-10,12-15,20,25-26,30-33,37H,11,16-19,21-24H2,1-7H3/t30-,31-,32+,33-/m0/s1. The van der Waals surface area contributed by atoms with E-state index < -0.39 is 6.10 Å². The van der Waals surface area contributed by atoms with E-state index in [-0.39, 0.29) is 17.6 Å². The molecule has 0 saturated carbocycles. The zero-order valence-electron chi connectivity index (χ0n) is 26.4. The number of rotatable bonds is 21. The number of methoxy groups -OCH3 is 2. The van der Waals surface area contributed by atoms with Gasteiger partial charge in [-0.3, -0.25) is 0 Å². The summed E-state index contributed by atoms with van der Waals surface area (Å²) in [5.74, 6) is 2.73. The minimum atomic E-state index is -0.566. The maximum Gasteiger partial charge on any atom is 0.161 e. The van der Waals surface area contributed by atoms with Gasteiger partial charge in [-0.25, -0.2) is 0 Å². The molecule has 0 amide bonds. The molecule has 6 heteroatoms. The van der Waals surface area contributed by atoms with Crippen LogP contribution in [0.4, 0.5) is 0 Å². The lowest BCUT2D eigenvalue weighted by atomic mass is 9.76. The van der Waals surface area contributed by atoms with Crippen molar-refractivity contribution in [3.05, 3.63) is 59.7 Å². The molecule has 0 aliphatic heterocycles. The number of aliphatic hydroxyl groups excluding tert-OH is 1. The van der Waals surface area contributed by atoms with Crippen LogP contribution in [0.2, 0.25) is 0 Å². The molecule has 2 rings (SSSR count). The number of hydrogen-bond donors (Lipinski definition) is 1. The largest absolute Gasteiger partial charge is 0.493 e. The first-order valence-corrected chi connectivity index (χ1v) is 15.2. The highest BCUT2D eigenvalue weighted by molar-refractivity contribution is 5.75. The molecule has 6 nitrogen and oxygen atoms in total. The Balaban J connectivity index is 2.10. The number of carbonyl (C=O) groups excluding carboxylic acids is 1. The van der Waals surface area contributed by atoms with Crippen molar-refractivity contribution in [2.75, 3.05) is 34.0 Å². The fourth-order valence-electron chi connectivity index (χ4n) is 5.31. The van der Waals surface area contributed by atoms with Crippen molar-refractivity contribution in [1.82, 2.24) is 0 Å². The zero-order valence-corrected chi connectivity index (χ0v) is 26.4. The Morgan fingerprint density at radius 2 is 1.54 bits per heavy atom. The zero-order chi connectivity index (χ0) is 30.2. The van der Waals surface area contributed by atoms with Gasteiger partial charge in [0.25, 0.3) is 0 Å². The molecule has 2 aromatic carbocycles. The monoisotopic (exact) mass is 570 g/mol. The maximum atomic E-state index is 12.3. The summed E-state index contributed by atoms with van der Waals surface area (Å²) in [4.78, 5) is 12.3.